The largest absolute Gasteiger partial charge is 0.381 e. The first-order valence-corrected chi connectivity index (χ1v) is 12.0. The molecule has 1 aliphatic carbocycles. The van der Waals surface area contributed by atoms with Crippen molar-refractivity contribution < 1.29 is 9.13 Å². The fourth-order valence-electron chi connectivity index (χ4n) is 5.25. The van der Waals surface area contributed by atoms with Gasteiger partial charge in [-0.25, -0.2) is 14.2 Å². The van der Waals surface area contributed by atoms with Gasteiger partial charge in [0.1, 0.15) is 11.6 Å². The zero-order valence-corrected chi connectivity index (χ0v) is 20.4. The van der Waals surface area contributed by atoms with Crippen LogP contribution >= 0.6 is 0 Å². The molecule has 8 nitrogen and oxygen atoms in total. The van der Waals surface area contributed by atoms with Gasteiger partial charge in [-0.1, -0.05) is 0 Å². The Hall–Kier alpha value is -3.30. The molecule has 1 aromatic carbocycles. The zero-order valence-electron chi connectivity index (χ0n) is 20.4. The Labute approximate surface area is 202 Å². The highest BCUT2D eigenvalue weighted by molar-refractivity contribution is 6.04. The van der Waals surface area contributed by atoms with Crippen LogP contribution in [0, 0.1) is 5.82 Å². The number of ether oxygens (including phenoxy) is 1. The summed E-state index contributed by atoms with van der Waals surface area (Å²) >= 11 is 0. The van der Waals surface area contributed by atoms with Gasteiger partial charge in [0.25, 0.3) is 0 Å². The van der Waals surface area contributed by atoms with E-state index in [1.807, 2.05) is 22.8 Å². The topological polar surface area (TPSA) is 68.4 Å². The molecule has 0 atom stereocenters. The van der Waals surface area contributed by atoms with Gasteiger partial charge in [0.05, 0.1) is 28.9 Å². The summed E-state index contributed by atoms with van der Waals surface area (Å²) in [7, 11) is 7.62. The number of aryl methyl sites for hydroxylation is 1. The molecule has 2 fully saturated rings. The van der Waals surface area contributed by atoms with Crippen molar-refractivity contribution in [2.75, 3.05) is 39.2 Å². The SMILES string of the molecule is CO[C@H]1C[C@@H](n2c(=O)n(C)c3cnc4cc(F)c(-c5ccc(N6CC(N(C)C)C6)nc5)cc4c32)C1. The van der Waals surface area contributed by atoms with Gasteiger partial charge in [0.2, 0.25) is 0 Å². The molecule has 0 radical (unpaired) electrons. The van der Waals surface area contributed by atoms with E-state index in [1.54, 1.807) is 31.1 Å². The normalized spacial score (nSPS) is 20.6. The van der Waals surface area contributed by atoms with E-state index in [9.17, 15) is 4.79 Å². The monoisotopic (exact) mass is 476 g/mol. The third-order valence-corrected chi connectivity index (χ3v) is 7.75. The Morgan fingerprint density at radius 1 is 1.11 bits per heavy atom. The highest BCUT2D eigenvalue weighted by Gasteiger charge is 2.34. The maximum Gasteiger partial charge on any atom is 0.329 e. The molecule has 0 N–H and O–H groups in total. The lowest BCUT2D eigenvalue weighted by Crippen LogP contribution is -2.57. The summed E-state index contributed by atoms with van der Waals surface area (Å²) in [5, 5.41) is 0.762. The van der Waals surface area contributed by atoms with Crippen LogP contribution in [0.3, 0.4) is 0 Å². The average Bonchev–Trinajstić information content (AvgIpc) is 3.03. The van der Waals surface area contributed by atoms with Crippen molar-refractivity contribution in [3.05, 3.63) is 53.0 Å². The summed E-state index contributed by atoms with van der Waals surface area (Å²) in [4.78, 5) is 26.7. The minimum atomic E-state index is -0.358. The number of imidazole rings is 1. The number of fused-ring (bicyclic) bond motifs is 3. The molecule has 1 aliphatic heterocycles. The number of pyridine rings is 2. The van der Waals surface area contributed by atoms with E-state index < -0.39 is 0 Å². The van der Waals surface area contributed by atoms with E-state index in [4.69, 9.17) is 4.74 Å². The number of likely N-dealkylation sites (N-methyl/N-ethyl adjacent to an activating group) is 1. The van der Waals surface area contributed by atoms with Crippen molar-refractivity contribution in [2.45, 2.75) is 31.0 Å². The van der Waals surface area contributed by atoms with Gasteiger partial charge >= 0.3 is 5.69 Å². The molecule has 1 saturated carbocycles. The molecule has 0 spiro atoms. The maximum absolute atomic E-state index is 15.2. The molecule has 9 heteroatoms. The Bertz CT molecular complexity index is 1480. The lowest BCUT2D eigenvalue weighted by atomic mass is 9.89. The molecule has 35 heavy (non-hydrogen) atoms. The first-order chi connectivity index (χ1) is 16.9. The fourth-order valence-corrected chi connectivity index (χ4v) is 5.25. The van der Waals surface area contributed by atoms with Crippen LogP contribution in [0.25, 0.3) is 33.1 Å². The van der Waals surface area contributed by atoms with Crippen LogP contribution in [0.4, 0.5) is 10.2 Å². The molecule has 1 saturated heterocycles. The summed E-state index contributed by atoms with van der Waals surface area (Å²) < 4.78 is 24.1. The molecule has 0 bridgehead atoms. The standard InChI is InChI=1S/C26H29FN6O2/c1-30(2)17-13-32(14-17)24-6-5-15(11-29-24)19-9-20-22(10-21(19)27)28-12-23-25(20)33(26(34)31(23)3)16-7-18(8-16)35-4/h5-6,9-12,16-18H,7-8,13-14H2,1-4H3/t16-,18+. The molecule has 6 rings (SSSR count). The average molecular weight is 477 g/mol. The number of hydrogen-bond acceptors (Lipinski definition) is 6. The Balaban J connectivity index is 1.42. The van der Waals surface area contributed by atoms with Gasteiger partial charge < -0.3 is 14.5 Å². The number of hydrogen-bond donors (Lipinski definition) is 0. The van der Waals surface area contributed by atoms with Crippen molar-refractivity contribution in [3.8, 4) is 11.1 Å². The molecular weight excluding hydrogens is 447 g/mol. The summed E-state index contributed by atoms with van der Waals surface area (Å²) in [6, 6.07) is 7.71. The molecule has 0 unspecified atom stereocenters. The van der Waals surface area contributed by atoms with E-state index in [0.717, 1.165) is 48.2 Å². The van der Waals surface area contributed by atoms with Gasteiger partial charge in [-0.2, -0.15) is 0 Å². The summed E-state index contributed by atoms with van der Waals surface area (Å²) in [6.45, 7) is 1.87. The van der Waals surface area contributed by atoms with Crippen molar-refractivity contribution in [1.82, 2.24) is 24.0 Å². The Kier molecular flexibility index (Phi) is 5.16. The predicted octanol–water partition coefficient (Wildman–Crippen LogP) is 3.19. The fraction of sp³-hybridized carbons (Fsp3) is 0.423. The quantitative estimate of drug-likeness (QED) is 0.441. The van der Waals surface area contributed by atoms with Crippen molar-refractivity contribution in [2.24, 2.45) is 7.05 Å². The molecule has 4 heterocycles. The molecular formula is C26H29FN6O2. The highest BCUT2D eigenvalue weighted by Crippen LogP contribution is 2.38. The summed E-state index contributed by atoms with van der Waals surface area (Å²) in [5.74, 6) is 0.537. The number of rotatable bonds is 5. The van der Waals surface area contributed by atoms with E-state index in [2.05, 4.69) is 33.9 Å². The van der Waals surface area contributed by atoms with Gasteiger partial charge in [-0.15, -0.1) is 0 Å². The van der Waals surface area contributed by atoms with E-state index >= 15 is 4.39 Å². The number of halogens is 1. The van der Waals surface area contributed by atoms with Gasteiger partial charge in [0, 0.05) is 68.1 Å². The Morgan fingerprint density at radius 3 is 2.54 bits per heavy atom. The zero-order chi connectivity index (χ0) is 24.4. The lowest BCUT2D eigenvalue weighted by molar-refractivity contribution is 0.00635. The van der Waals surface area contributed by atoms with Crippen molar-refractivity contribution in [1.29, 1.82) is 0 Å². The van der Waals surface area contributed by atoms with Crippen LogP contribution < -0.4 is 10.6 Å². The molecule has 0 amide bonds. The van der Waals surface area contributed by atoms with Crippen LogP contribution in [-0.4, -0.2) is 70.4 Å². The third-order valence-electron chi connectivity index (χ3n) is 7.75. The van der Waals surface area contributed by atoms with E-state index in [1.165, 1.54) is 6.07 Å². The van der Waals surface area contributed by atoms with Gasteiger partial charge in [-0.05, 0) is 45.1 Å². The first-order valence-electron chi connectivity index (χ1n) is 12.0. The molecule has 4 aromatic rings. The highest BCUT2D eigenvalue weighted by atomic mass is 19.1. The second-order valence-electron chi connectivity index (χ2n) is 9.96. The molecule has 2 aliphatic rings. The second kappa shape index (κ2) is 8.13. The smallest absolute Gasteiger partial charge is 0.329 e. The number of benzene rings is 1. The molecule has 182 valence electrons. The number of methoxy groups -OCH3 is 1. The van der Waals surface area contributed by atoms with Crippen LogP contribution in [0.5, 0.6) is 0 Å². The van der Waals surface area contributed by atoms with E-state index in [0.29, 0.717) is 22.7 Å². The summed E-state index contributed by atoms with van der Waals surface area (Å²) in [5.41, 5.74) is 3.12. The van der Waals surface area contributed by atoms with Crippen LogP contribution in [0.15, 0.2) is 41.5 Å². The van der Waals surface area contributed by atoms with E-state index in [-0.39, 0.29) is 23.7 Å². The summed E-state index contributed by atoms with van der Waals surface area (Å²) in [6.07, 6.45) is 5.11. The first kappa shape index (κ1) is 22.2. The van der Waals surface area contributed by atoms with Crippen molar-refractivity contribution in [3.63, 3.8) is 0 Å². The lowest BCUT2D eigenvalue weighted by Gasteiger charge is -2.43. The van der Waals surface area contributed by atoms with Gasteiger partial charge in [-0.3, -0.25) is 14.1 Å². The third kappa shape index (κ3) is 3.44. The Morgan fingerprint density at radius 2 is 1.89 bits per heavy atom. The predicted molar refractivity (Wildman–Crippen MR) is 134 cm³/mol. The van der Waals surface area contributed by atoms with Crippen LogP contribution in [0.2, 0.25) is 0 Å². The van der Waals surface area contributed by atoms with Crippen molar-refractivity contribution >= 4 is 27.8 Å². The van der Waals surface area contributed by atoms with Crippen LogP contribution in [-0.2, 0) is 11.8 Å². The van der Waals surface area contributed by atoms with Crippen LogP contribution in [0.1, 0.15) is 18.9 Å². The minimum Gasteiger partial charge on any atom is -0.381 e. The second-order valence-corrected chi connectivity index (χ2v) is 9.96. The number of anilines is 1. The van der Waals surface area contributed by atoms with Gasteiger partial charge in [0.15, 0.2) is 0 Å². The number of nitrogens with zero attached hydrogens (tertiary/aromatic N) is 6. The number of aromatic nitrogens is 4. The molecule has 3 aromatic heterocycles. The maximum atomic E-state index is 15.2. The minimum absolute atomic E-state index is 0.0544.